The smallest absolute Gasteiger partial charge is 0.146 e. The summed E-state index contributed by atoms with van der Waals surface area (Å²) < 4.78 is 1.99. The van der Waals surface area contributed by atoms with E-state index in [1.165, 1.54) is 45.2 Å². The third-order valence-electron chi connectivity index (χ3n) is 5.17. The number of nitrogens with zero attached hydrogens (tertiary/aromatic N) is 4. The third kappa shape index (κ3) is 3.04. The van der Waals surface area contributed by atoms with Crippen molar-refractivity contribution in [1.29, 1.82) is 0 Å². The first-order chi connectivity index (χ1) is 9.74. The van der Waals surface area contributed by atoms with Gasteiger partial charge in [0.05, 0.1) is 6.54 Å². The maximum Gasteiger partial charge on any atom is 0.146 e. The van der Waals surface area contributed by atoms with Crippen LogP contribution in [0.15, 0.2) is 6.33 Å². The molecule has 2 atom stereocenters. The highest BCUT2D eigenvalue weighted by atomic mass is 15.3. The van der Waals surface area contributed by atoms with Crippen LogP contribution in [0.5, 0.6) is 0 Å². The summed E-state index contributed by atoms with van der Waals surface area (Å²) in [5, 5.41) is 11.7. The van der Waals surface area contributed by atoms with Gasteiger partial charge in [0.2, 0.25) is 0 Å². The Morgan fingerprint density at radius 3 is 2.85 bits per heavy atom. The molecule has 1 saturated heterocycles. The Hall–Kier alpha value is -0.940. The topological polar surface area (TPSA) is 46.0 Å². The summed E-state index contributed by atoms with van der Waals surface area (Å²) in [6, 6.07) is 1.44. The van der Waals surface area contributed by atoms with Crippen molar-refractivity contribution < 1.29 is 0 Å². The minimum absolute atomic E-state index is 0.551. The van der Waals surface area contributed by atoms with E-state index in [-0.39, 0.29) is 0 Å². The van der Waals surface area contributed by atoms with Crippen molar-refractivity contribution in [1.82, 2.24) is 25.0 Å². The van der Waals surface area contributed by atoms with Gasteiger partial charge in [0.15, 0.2) is 0 Å². The van der Waals surface area contributed by atoms with Gasteiger partial charge in [-0.1, -0.05) is 6.42 Å². The molecule has 5 nitrogen and oxygen atoms in total. The van der Waals surface area contributed by atoms with Crippen LogP contribution < -0.4 is 5.32 Å². The molecule has 1 aromatic rings. The molecule has 1 aliphatic carbocycles. The number of aromatic nitrogens is 3. The molecular formula is C15H27N5. The molecule has 112 valence electrons. The highest BCUT2D eigenvalue weighted by molar-refractivity contribution is 4.89. The summed E-state index contributed by atoms with van der Waals surface area (Å²) in [5.41, 5.74) is 0. The largest absolute Gasteiger partial charge is 0.320 e. The van der Waals surface area contributed by atoms with Crippen molar-refractivity contribution in [2.45, 2.75) is 57.7 Å². The van der Waals surface area contributed by atoms with Crippen LogP contribution in [0, 0.1) is 5.92 Å². The van der Waals surface area contributed by atoms with Gasteiger partial charge in [-0.3, -0.25) is 0 Å². The number of nitrogens with one attached hydrogen (secondary N) is 1. The molecule has 0 spiro atoms. The maximum atomic E-state index is 4.14. The quantitative estimate of drug-likeness (QED) is 0.887. The van der Waals surface area contributed by atoms with Gasteiger partial charge in [-0.05, 0) is 45.1 Å². The average Bonchev–Trinajstić information content (AvgIpc) is 2.80. The molecule has 5 heteroatoms. The molecule has 0 aromatic carbocycles. The number of aryl methyl sites for hydroxylation is 1. The van der Waals surface area contributed by atoms with E-state index < -0.39 is 0 Å². The SMILES string of the molecule is C[C@@H](NCc1nncn1C)[C@@H]1CCCN(C2CCC2)C1. The number of likely N-dealkylation sites (tertiary alicyclic amines) is 1. The fourth-order valence-electron chi connectivity index (χ4n) is 3.42. The lowest BCUT2D eigenvalue weighted by atomic mass is 9.85. The number of hydrogen-bond donors (Lipinski definition) is 1. The molecule has 1 aromatic heterocycles. The Kier molecular flexibility index (Phi) is 4.36. The molecule has 0 radical (unpaired) electrons. The lowest BCUT2D eigenvalue weighted by molar-refractivity contribution is 0.0664. The highest BCUT2D eigenvalue weighted by Crippen LogP contribution is 2.30. The van der Waals surface area contributed by atoms with Crippen LogP contribution in [0.1, 0.15) is 44.9 Å². The zero-order valence-corrected chi connectivity index (χ0v) is 12.8. The van der Waals surface area contributed by atoms with E-state index in [0.29, 0.717) is 6.04 Å². The molecular weight excluding hydrogens is 250 g/mol. The second-order valence-corrected chi connectivity index (χ2v) is 6.51. The van der Waals surface area contributed by atoms with Crippen LogP contribution in [0.4, 0.5) is 0 Å². The van der Waals surface area contributed by atoms with E-state index in [4.69, 9.17) is 0 Å². The van der Waals surface area contributed by atoms with Gasteiger partial charge in [0.1, 0.15) is 12.2 Å². The summed E-state index contributed by atoms with van der Waals surface area (Å²) >= 11 is 0. The van der Waals surface area contributed by atoms with Gasteiger partial charge in [0.25, 0.3) is 0 Å². The summed E-state index contributed by atoms with van der Waals surface area (Å²) in [5.74, 6) is 1.79. The van der Waals surface area contributed by atoms with Crippen molar-refractivity contribution in [3.05, 3.63) is 12.2 Å². The first kappa shape index (κ1) is 14.0. The summed E-state index contributed by atoms with van der Waals surface area (Å²) in [6.07, 6.45) is 8.76. The lowest BCUT2D eigenvalue weighted by Gasteiger charge is -2.44. The van der Waals surface area contributed by atoms with E-state index in [0.717, 1.165) is 24.3 Å². The van der Waals surface area contributed by atoms with E-state index in [2.05, 4.69) is 27.3 Å². The first-order valence-corrected chi connectivity index (χ1v) is 8.04. The second kappa shape index (κ2) is 6.22. The Morgan fingerprint density at radius 1 is 1.35 bits per heavy atom. The summed E-state index contributed by atoms with van der Waals surface area (Å²) in [6.45, 7) is 5.73. The maximum absolute atomic E-state index is 4.14. The monoisotopic (exact) mass is 277 g/mol. The van der Waals surface area contributed by atoms with Crippen molar-refractivity contribution >= 4 is 0 Å². The van der Waals surface area contributed by atoms with E-state index in [1.807, 2.05) is 11.6 Å². The molecule has 2 aliphatic rings. The van der Waals surface area contributed by atoms with Gasteiger partial charge in [0, 0.05) is 25.7 Å². The Balaban J connectivity index is 1.48. The van der Waals surface area contributed by atoms with E-state index >= 15 is 0 Å². The fraction of sp³-hybridized carbons (Fsp3) is 0.867. The molecule has 1 aliphatic heterocycles. The van der Waals surface area contributed by atoms with Crippen molar-refractivity contribution in [3.8, 4) is 0 Å². The van der Waals surface area contributed by atoms with Crippen LogP contribution in [-0.2, 0) is 13.6 Å². The van der Waals surface area contributed by atoms with E-state index in [1.54, 1.807) is 6.33 Å². The predicted octanol–water partition coefficient (Wildman–Crippen LogP) is 1.56. The van der Waals surface area contributed by atoms with Crippen LogP contribution >= 0.6 is 0 Å². The van der Waals surface area contributed by atoms with Crippen molar-refractivity contribution in [3.63, 3.8) is 0 Å². The lowest BCUT2D eigenvalue weighted by Crippen LogP contribution is -2.50. The standard InChI is InChI=1S/C15H27N5/c1-12(16-9-15-18-17-11-19(15)2)13-5-4-8-20(10-13)14-6-3-7-14/h11-14,16H,3-10H2,1-2H3/t12-,13-/m1/s1. The first-order valence-electron chi connectivity index (χ1n) is 8.04. The van der Waals surface area contributed by atoms with Gasteiger partial charge in [-0.25, -0.2) is 0 Å². The Labute approximate surface area is 121 Å². The minimum atomic E-state index is 0.551. The minimum Gasteiger partial charge on any atom is -0.320 e. The van der Waals surface area contributed by atoms with Crippen LogP contribution in [-0.4, -0.2) is 44.8 Å². The average molecular weight is 277 g/mol. The summed E-state index contributed by atoms with van der Waals surface area (Å²) in [7, 11) is 2.00. The highest BCUT2D eigenvalue weighted by Gasteiger charge is 2.31. The number of piperidine rings is 1. The van der Waals surface area contributed by atoms with Gasteiger partial charge >= 0.3 is 0 Å². The molecule has 1 saturated carbocycles. The fourth-order valence-corrected chi connectivity index (χ4v) is 3.42. The zero-order chi connectivity index (χ0) is 13.9. The van der Waals surface area contributed by atoms with Crippen LogP contribution in [0.25, 0.3) is 0 Å². The molecule has 1 N–H and O–H groups in total. The van der Waals surface area contributed by atoms with Crippen molar-refractivity contribution in [2.24, 2.45) is 13.0 Å². The number of rotatable bonds is 5. The molecule has 0 amide bonds. The number of hydrogen-bond acceptors (Lipinski definition) is 4. The van der Waals surface area contributed by atoms with Gasteiger partial charge in [-0.2, -0.15) is 0 Å². The molecule has 3 rings (SSSR count). The van der Waals surface area contributed by atoms with Crippen LogP contribution in [0.2, 0.25) is 0 Å². The third-order valence-corrected chi connectivity index (χ3v) is 5.17. The Morgan fingerprint density at radius 2 is 2.20 bits per heavy atom. The molecule has 0 unspecified atom stereocenters. The molecule has 20 heavy (non-hydrogen) atoms. The van der Waals surface area contributed by atoms with Gasteiger partial charge in [-0.15, -0.1) is 10.2 Å². The molecule has 2 heterocycles. The molecule has 0 bridgehead atoms. The Bertz CT molecular complexity index is 426. The normalized spacial score (nSPS) is 26.4. The summed E-state index contributed by atoms with van der Waals surface area (Å²) in [4.78, 5) is 2.73. The van der Waals surface area contributed by atoms with Crippen molar-refractivity contribution in [2.75, 3.05) is 13.1 Å². The predicted molar refractivity (Wildman–Crippen MR) is 79.2 cm³/mol. The molecule has 2 fully saturated rings. The zero-order valence-electron chi connectivity index (χ0n) is 12.8. The second-order valence-electron chi connectivity index (χ2n) is 6.51. The van der Waals surface area contributed by atoms with Crippen LogP contribution in [0.3, 0.4) is 0 Å². The van der Waals surface area contributed by atoms with E-state index in [9.17, 15) is 0 Å². The van der Waals surface area contributed by atoms with Gasteiger partial charge < -0.3 is 14.8 Å².